The van der Waals surface area contributed by atoms with Gasteiger partial charge in [-0.15, -0.1) is 0 Å². The molecule has 2 rings (SSSR count). The van der Waals surface area contributed by atoms with Crippen LogP contribution in [0.15, 0.2) is 27.4 Å². The van der Waals surface area contributed by atoms with E-state index in [0.29, 0.717) is 23.1 Å². The number of nitrogens with zero attached hydrogens (tertiary/aromatic N) is 1. The van der Waals surface area contributed by atoms with Gasteiger partial charge >= 0.3 is 5.76 Å². The van der Waals surface area contributed by atoms with Crippen LogP contribution in [-0.2, 0) is 7.05 Å². The summed E-state index contributed by atoms with van der Waals surface area (Å²) in [6.07, 6.45) is 2.44. The number of aromatic nitrogens is 1. The summed E-state index contributed by atoms with van der Waals surface area (Å²) in [5, 5.41) is 0. The maximum absolute atomic E-state index is 11.8. The van der Waals surface area contributed by atoms with Gasteiger partial charge < -0.3 is 4.42 Å². The highest BCUT2D eigenvalue weighted by Crippen LogP contribution is 2.16. The molecule has 0 radical (unpaired) electrons. The first-order chi connectivity index (χ1) is 8.13. The van der Waals surface area contributed by atoms with Gasteiger partial charge in [0.2, 0.25) is 0 Å². The molecule has 0 N–H and O–H groups in total. The Morgan fingerprint density at radius 3 is 2.88 bits per heavy atom. The summed E-state index contributed by atoms with van der Waals surface area (Å²) in [6.45, 7) is 2.05. The largest absolute Gasteiger partial charge is 0.419 e. The quantitative estimate of drug-likeness (QED) is 0.762. The number of ketones is 1. The lowest BCUT2D eigenvalue weighted by atomic mass is 10.1. The fourth-order valence-electron chi connectivity index (χ4n) is 1.78. The van der Waals surface area contributed by atoms with Crippen LogP contribution in [0, 0.1) is 0 Å². The summed E-state index contributed by atoms with van der Waals surface area (Å²) in [5.74, 6) is -0.291. The van der Waals surface area contributed by atoms with Crippen LogP contribution in [0.25, 0.3) is 11.1 Å². The van der Waals surface area contributed by atoms with E-state index in [-0.39, 0.29) is 5.78 Å². The number of hydrogen-bond acceptors (Lipinski definition) is 3. The molecule has 0 amide bonds. The molecule has 0 fully saturated rings. The van der Waals surface area contributed by atoms with E-state index in [1.807, 2.05) is 0 Å². The fourth-order valence-corrected chi connectivity index (χ4v) is 1.78. The second kappa shape index (κ2) is 4.57. The molecule has 0 saturated heterocycles. The van der Waals surface area contributed by atoms with Crippen molar-refractivity contribution in [2.75, 3.05) is 0 Å². The van der Waals surface area contributed by atoms with Crippen LogP contribution < -0.4 is 5.76 Å². The standard InChI is InChI=1S/C13H15NO3/c1-3-4-5-11(15)9-6-7-12-10(8-9)14(2)13(16)17-12/h6-8H,3-5H2,1-2H3. The minimum Gasteiger partial charge on any atom is -0.408 e. The number of hydrogen-bond donors (Lipinski definition) is 0. The summed E-state index contributed by atoms with van der Waals surface area (Å²) in [4.78, 5) is 23.2. The van der Waals surface area contributed by atoms with Gasteiger partial charge in [0.15, 0.2) is 11.4 Å². The van der Waals surface area contributed by atoms with Gasteiger partial charge in [-0.05, 0) is 24.6 Å². The molecular formula is C13H15NO3. The molecule has 1 aromatic heterocycles. The third-order valence-electron chi connectivity index (χ3n) is 2.87. The second-order valence-corrected chi connectivity index (χ2v) is 4.14. The molecule has 0 saturated carbocycles. The number of Topliss-reactive ketones (excluding diaryl/α,β-unsaturated/α-hetero) is 1. The lowest BCUT2D eigenvalue weighted by molar-refractivity contribution is 0.0980. The minimum atomic E-state index is -0.404. The van der Waals surface area contributed by atoms with E-state index in [2.05, 4.69) is 6.92 Å². The average molecular weight is 233 g/mol. The van der Waals surface area contributed by atoms with Gasteiger partial charge in [-0.3, -0.25) is 9.36 Å². The Hall–Kier alpha value is -1.84. The summed E-state index contributed by atoms with van der Waals surface area (Å²) < 4.78 is 6.42. The first kappa shape index (κ1) is 11.6. The number of fused-ring (bicyclic) bond motifs is 1. The highest BCUT2D eigenvalue weighted by atomic mass is 16.4. The Kier molecular flexibility index (Phi) is 3.13. The Morgan fingerprint density at radius 2 is 2.18 bits per heavy atom. The Balaban J connectivity index is 2.40. The first-order valence-corrected chi connectivity index (χ1v) is 5.76. The van der Waals surface area contributed by atoms with E-state index in [1.54, 1.807) is 25.2 Å². The van der Waals surface area contributed by atoms with Crippen molar-refractivity contribution in [3.05, 3.63) is 34.3 Å². The molecular weight excluding hydrogens is 218 g/mol. The summed E-state index contributed by atoms with van der Waals surface area (Å²) in [7, 11) is 1.63. The predicted molar refractivity (Wildman–Crippen MR) is 65.3 cm³/mol. The second-order valence-electron chi connectivity index (χ2n) is 4.14. The van der Waals surface area contributed by atoms with Crippen molar-refractivity contribution < 1.29 is 9.21 Å². The zero-order valence-electron chi connectivity index (χ0n) is 10.0. The molecule has 0 unspecified atom stereocenters. The number of carbonyl (C=O) groups excluding carboxylic acids is 1. The van der Waals surface area contributed by atoms with Gasteiger partial charge in [-0.25, -0.2) is 4.79 Å². The van der Waals surface area contributed by atoms with Crippen molar-refractivity contribution in [2.45, 2.75) is 26.2 Å². The molecule has 1 heterocycles. The lowest BCUT2D eigenvalue weighted by Gasteiger charge is -2.00. The van der Waals surface area contributed by atoms with E-state index in [1.165, 1.54) is 4.57 Å². The Bertz CT molecular complexity index is 607. The number of benzene rings is 1. The van der Waals surface area contributed by atoms with Crippen LogP contribution in [0.3, 0.4) is 0 Å². The van der Waals surface area contributed by atoms with Crippen LogP contribution in [-0.4, -0.2) is 10.4 Å². The number of aryl methyl sites for hydroxylation is 1. The third kappa shape index (κ3) is 2.16. The maximum Gasteiger partial charge on any atom is 0.419 e. The average Bonchev–Trinajstić information content (AvgIpc) is 2.62. The predicted octanol–water partition coefficient (Wildman–Crippen LogP) is 2.50. The lowest BCUT2D eigenvalue weighted by Crippen LogP contribution is -2.08. The van der Waals surface area contributed by atoms with Crippen molar-refractivity contribution >= 4 is 16.9 Å². The smallest absolute Gasteiger partial charge is 0.408 e. The Morgan fingerprint density at radius 1 is 1.41 bits per heavy atom. The van der Waals surface area contributed by atoms with Crippen molar-refractivity contribution in [1.82, 2.24) is 4.57 Å². The number of oxazole rings is 1. The van der Waals surface area contributed by atoms with Crippen molar-refractivity contribution in [2.24, 2.45) is 7.05 Å². The first-order valence-electron chi connectivity index (χ1n) is 5.76. The van der Waals surface area contributed by atoms with Gasteiger partial charge in [-0.2, -0.15) is 0 Å². The molecule has 0 atom stereocenters. The van der Waals surface area contributed by atoms with Crippen LogP contribution >= 0.6 is 0 Å². The van der Waals surface area contributed by atoms with Gasteiger partial charge in [0.25, 0.3) is 0 Å². The van der Waals surface area contributed by atoms with E-state index >= 15 is 0 Å². The molecule has 0 aliphatic heterocycles. The molecule has 0 spiro atoms. The van der Waals surface area contributed by atoms with Crippen LogP contribution in [0.2, 0.25) is 0 Å². The topological polar surface area (TPSA) is 52.2 Å². The summed E-state index contributed by atoms with van der Waals surface area (Å²) >= 11 is 0. The van der Waals surface area contributed by atoms with Gasteiger partial charge in [0, 0.05) is 19.0 Å². The van der Waals surface area contributed by atoms with E-state index in [0.717, 1.165) is 12.8 Å². The van der Waals surface area contributed by atoms with Crippen molar-refractivity contribution in [1.29, 1.82) is 0 Å². The molecule has 17 heavy (non-hydrogen) atoms. The van der Waals surface area contributed by atoms with Gasteiger partial charge in [0.1, 0.15) is 0 Å². The third-order valence-corrected chi connectivity index (χ3v) is 2.87. The summed E-state index contributed by atoms with van der Waals surface area (Å²) in [5.41, 5.74) is 1.82. The molecule has 0 aliphatic carbocycles. The van der Waals surface area contributed by atoms with E-state index < -0.39 is 5.76 Å². The zero-order valence-corrected chi connectivity index (χ0v) is 10.0. The SMILES string of the molecule is CCCCC(=O)c1ccc2oc(=O)n(C)c2c1. The number of carbonyl (C=O) groups is 1. The molecule has 4 heteroatoms. The van der Waals surface area contributed by atoms with Gasteiger partial charge in [0.05, 0.1) is 5.52 Å². The maximum atomic E-state index is 11.8. The van der Waals surface area contributed by atoms with Crippen LogP contribution in [0.4, 0.5) is 0 Å². The van der Waals surface area contributed by atoms with Crippen molar-refractivity contribution in [3.8, 4) is 0 Å². The minimum absolute atomic E-state index is 0.113. The molecule has 4 nitrogen and oxygen atoms in total. The zero-order chi connectivity index (χ0) is 12.4. The monoisotopic (exact) mass is 233 g/mol. The normalized spacial score (nSPS) is 10.9. The molecule has 1 aromatic carbocycles. The highest BCUT2D eigenvalue weighted by Gasteiger charge is 2.10. The Labute approximate surface area is 98.8 Å². The van der Waals surface area contributed by atoms with Gasteiger partial charge in [-0.1, -0.05) is 13.3 Å². The molecule has 90 valence electrons. The number of rotatable bonds is 4. The molecule has 0 bridgehead atoms. The van der Waals surface area contributed by atoms with E-state index in [4.69, 9.17) is 4.42 Å². The van der Waals surface area contributed by atoms with Crippen LogP contribution in [0.1, 0.15) is 36.5 Å². The van der Waals surface area contributed by atoms with E-state index in [9.17, 15) is 9.59 Å². The number of unbranched alkanes of at least 4 members (excludes halogenated alkanes) is 1. The molecule has 2 aromatic rings. The van der Waals surface area contributed by atoms with Crippen molar-refractivity contribution in [3.63, 3.8) is 0 Å². The summed E-state index contributed by atoms with van der Waals surface area (Å²) in [6, 6.07) is 5.11. The molecule has 0 aliphatic rings. The highest BCUT2D eigenvalue weighted by molar-refractivity contribution is 5.98. The van der Waals surface area contributed by atoms with Crippen LogP contribution in [0.5, 0.6) is 0 Å². The fraction of sp³-hybridized carbons (Fsp3) is 0.385.